The molecule has 1 rings (SSSR count). The first kappa shape index (κ1) is 14.8. The van der Waals surface area contributed by atoms with Crippen molar-refractivity contribution >= 4 is 27.7 Å². The van der Waals surface area contributed by atoms with Crippen molar-refractivity contribution in [2.75, 3.05) is 11.1 Å². The molecule has 0 spiro atoms. The lowest BCUT2D eigenvalue weighted by atomic mass is 10.1. The van der Waals surface area contributed by atoms with E-state index in [4.69, 9.17) is 0 Å². The van der Waals surface area contributed by atoms with Crippen molar-refractivity contribution in [3.8, 4) is 0 Å². The van der Waals surface area contributed by atoms with Gasteiger partial charge in [-0.2, -0.15) is 0 Å². The SMILES string of the molecule is CCCn1c(SCCC(C)CCBr)n[nH]c1=O. The normalized spacial score (nSPS) is 12.9. The fourth-order valence-corrected chi connectivity index (χ4v) is 3.44. The second-order valence-electron chi connectivity index (χ2n) is 4.18. The van der Waals surface area contributed by atoms with Crippen LogP contribution in [0.2, 0.25) is 0 Å². The van der Waals surface area contributed by atoms with E-state index in [0.29, 0.717) is 5.92 Å². The van der Waals surface area contributed by atoms with Crippen LogP contribution in [0.4, 0.5) is 0 Å². The van der Waals surface area contributed by atoms with Gasteiger partial charge in [-0.1, -0.05) is 41.5 Å². The standard InChI is InChI=1S/C11H20BrN3OS/c1-3-7-15-10(16)13-14-11(15)17-8-5-9(2)4-6-12/h9H,3-8H2,1-2H3,(H,13,16). The first-order valence-corrected chi connectivity index (χ1v) is 8.13. The number of aromatic nitrogens is 3. The molecule has 1 unspecified atom stereocenters. The Morgan fingerprint density at radius 3 is 2.94 bits per heavy atom. The van der Waals surface area contributed by atoms with Crippen molar-refractivity contribution in [2.24, 2.45) is 5.92 Å². The highest BCUT2D eigenvalue weighted by Gasteiger charge is 2.08. The van der Waals surface area contributed by atoms with Gasteiger partial charge in [-0.05, 0) is 25.2 Å². The lowest BCUT2D eigenvalue weighted by Gasteiger charge is -2.08. The van der Waals surface area contributed by atoms with Crippen LogP contribution in [-0.2, 0) is 6.54 Å². The van der Waals surface area contributed by atoms with Crippen LogP contribution in [0.15, 0.2) is 9.95 Å². The molecule has 0 aliphatic rings. The van der Waals surface area contributed by atoms with E-state index in [1.165, 1.54) is 6.42 Å². The van der Waals surface area contributed by atoms with E-state index in [1.54, 1.807) is 16.3 Å². The summed E-state index contributed by atoms with van der Waals surface area (Å²) in [6.07, 6.45) is 3.30. The Morgan fingerprint density at radius 1 is 1.53 bits per heavy atom. The van der Waals surface area contributed by atoms with Gasteiger partial charge in [0.1, 0.15) is 0 Å². The smallest absolute Gasteiger partial charge is 0.270 e. The van der Waals surface area contributed by atoms with Gasteiger partial charge in [0.2, 0.25) is 0 Å². The van der Waals surface area contributed by atoms with Crippen LogP contribution in [0.25, 0.3) is 0 Å². The number of halogens is 1. The lowest BCUT2D eigenvalue weighted by molar-refractivity contribution is 0.553. The van der Waals surface area contributed by atoms with Gasteiger partial charge in [0.15, 0.2) is 5.16 Å². The Kier molecular flexibility index (Phi) is 6.96. The lowest BCUT2D eigenvalue weighted by Crippen LogP contribution is -2.17. The number of rotatable bonds is 8. The summed E-state index contributed by atoms with van der Waals surface area (Å²) in [7, 11) is 0. The zero-order valence-corrected chi connectivity index (χ0v) is 12.8. The average Bonchev–Trinajstić information content (AvgIpc) is 2.62. The van der Waals surface area contributed by atoms with Gasteiger partial charge in [-0.3, -0.25) is 4.57 Å². The summed E-state index contributed by atoms with van der Waals surface area (Å²) < 4.78 is 1.72. The Labute approximate surface area is 115 Å². The monoisotopic (exact) mass is 321 g/mol. The molecule has 0 aliphatic heterocycles. The number of hydrogen-bond acceptors (Lipinski definition) is 3. The van der Waals surface area contributed by atoms with Crippen LogP contribution in [0, 0.1) is 5.92 Å². The molecule has 1 aromatic heterocycles. The van der Waals surface area contributed by atoms with Crippen molar-refractivity contribution in [2.45, 2.75) is 44.8 Å². The topological polar surface area (TPSA) is 50.7 Å². The molecule has 6 heteroatoms. The average molecular weight is 322 g/mol. The fourth-order valence-electron chi connectivity index (χ4n) is 1.52. The number of nitrogens with zero attached hydrogens (tertiary/aromatic N) is 2. The molecular weight excluding hydrogens is 302 g/mol. The summed E-state index contributed by atoms with van der Waals surface area (Å²) in [5, 5.41) is 8.45. The van der Waals surface area contributed by atoms with Crippen LogP contribution in [0.3, 0.4) is 0 Å². The highest BCUT2D eigenvalue weighted by molar-refractivity contribution is 9.09. The molecule has 0 saturated carbocycles. The molecule has 98 valence electrons. The minimum absolute atomic E-state index is 0.0946. The van der Waals surface area contributed by atoms with Crippen molar-refractivity contribution < 1.29 is 0 Å². The van der Waals surface area contributed by atoms with E-state index < -0.39 is 0 Å². The maximum absolute atomic E-state index is 11.5. The van der Waals surface area contributed by atoms with Crippen LogP contribution in [-0.4, -0.2) is 25.8 Å². The third-order valence-electron chi connectivity index (χ3n) is 2.61. The van der Waals surface area contributed by atoms with Gasteiger partial charge in [0.25, 0.3) is 0 Å². The van der Waals surface area contributed by atoms with Crippen LogP contribution >= 0.6 is 27.7 Å². The van der Waals surface area contributed by atoms with E-state index >= 15 is 0 Å². The highest BCUT2D eigenvalue weighted by atomic mass is 79.9. The number of H-pyrrole nitrogens is 1. The largest absolute Gasteiger partial charge is 0.343 e. The first-order valence-electron chi connectivity index (χ1n) is 6.03. The molecule has 1 atom stereocenters. The Hall–Kier alpha value is -0.230. The summed E-state index contributed by atoms with van der Waals surface area (Å²) in [6, 6.07) is 0. The summed E-state index contributed by atoms with van der Waals surface area (Å²) in [4.78, 5) is 11.5. The van der Waals surface area contributed by atoms with Gasteiger partial charge in [-0.15, -0.1) is 5.10 Å². The molecule has 1 aromatic rings. The molecule has 0 aliphatic carbocycles. The number of hydrogen-bond donors (Lipinski definition) is 1. The maximum atomic E-state index is 11.5. The van der Waals surface area contributed by atoms with Crippen LogP contribution < -0.4 is 5.69 Å². The van der Waals surface area contributed by atoms with Crippen molar-refractivity contribution in [1.29, 1.82) is 0 Å². The molecule has 1 N–H and O–H groups in total. The molecule has 0 amide bonds. The van der Waals surface area contributed by atoms with E-state index in [9.17, 15) is 4.79 Å². The maximum Gasteiger partial charge on any atom is 0.343 e. The molecule has 0 aromatic carbocycles. The highest BCUT2D eigenvalue weighted by Crippen LogP contribution is 2.19. The Balaban J connectivity index is 2.43. The fraction of sp³-hybridized carbons (Fsp3) is 0.818. The molecule has 1 heterocycles. The third-order valence-corrected chi connectivity index (χ3v) is 4.08. The summed E-state index contributed by atoms with van der Waals surface area (Å²) in [5.74, 6) is 1.73. The number of alkyl halides is 1. The minimum atomic E-state index is -0.0946. The molecule has 0 fully saturated rings. The molecule has 0 radical (unpaired) electrons. The van der Waals surface area contributed by atoms with Crippen molar-refractivity contribution in [3.63, 3.8) is 0 Å². The molecule has 4 nitrogen and oxygen atoms in total. The van der Waals surface area contributed by atoms with E-state index in [2.05, 4.69) is 40.0 Å². The summed E-state index contributed by atoms with van der Waals surface area (Å²) in [6.45, 7) is 5.06. The summed E-state index contributed by atoms with van der Waals surface area (Å²) in [5.41, 5.74) is -0.0946. The van der Waals surface area contributed by atoms with Crippen LogP contribution in [0.1, 0.15) is 33.1 Å². The Morgan fingerprint density at radius 2 is 2.29 bits per heavy atom. The predicted molar refractivity (Wildman–Crippen MR) is 76.1 cm³/mol. The Bertz CT molecular complexity index is 377. The van der Waals surface area contributed by atoms with E-state index in [1.807, 2.05) is 0 Å². The zero-order valence-electron chi connectivity index (χ0n) is 10.4. The first-order chi connectivity index (χ1) is 8.19. The molecule has 0 bridgehead atoms. The molecular formula is C11H20BrN3OS. The van der Waals surface area contributed by atoms with Crippen molar-refractivity contribution in [3.05, 3.63) is 10.5 Å². The van der Waals surface area contributed by atoms with Gasteiger partial charge >= 0.3 is 5.69 Å². The molecule has 17 heavy (non-hydrogen) atoms. The predicted octanol–water partition coefficient (Wildman–Crippen LogP) is 2.88. The zero-order chi connectivity index (χ0) is 12.7. The summed E-state index contributed by atoms with van der Waals surface area (Å²) >= 11 is 5.12. The van der Waals surface area contributed by atoms with Crippen molar-refractivity contribution in [1.82, 2.24) is 14.8 Å². The third kappa shape index (κ3) is 4.87. The quantitative estimate of drug-likeness (QED) is 0.591. The second kappa shape index (κ2) is 7.97. The molecule has 0 saturated heterocycles. The minimum Gasteiger partial charge on any atom is -0.270 e. The number of thioether (sulfide) groups is 1. The van der Waals surface area contributed by atoms with Gasteiger partial charge in [0, 0.05) is 17.6 Å². The van der Waals surface area contributed by atoms with E-state index in [-0.39, 0.29) is 5.69 Å². The number of nitrogens with one attached hydrogen (secondary N) is 1. The number of aromatic amines is 1. The van der Waals surface area contributed by atoms with Crippen LogP contribution in [0.5, 0.6) is 0 Å². The van der Waals surface area contributed by atoms with Gasteiger partial charge in [0.05, 0.1) is 0 Å². The van der Waals surface area contributed by atoms with E-state index in [0.717, 1.165) is 35.6 Å². The van der Waals surface area contributed by atoms with Gasteiger partial charge in [-0.25, -0.2) is 9.89 Å². The van der Waals surface area contributed by atoms with Gasteiger partial charge < -0.3 is 0 Å². The second-order valence-corrected chi connectivity index (χ2v) is 6.04.